The molecule has 0 unspecified atom stereocenters. The molecule has 1 saturated carbocycles. The highest BCUT2D eigenvalue weighted by Gasteiger charge is 2.24. The van der Waals surface area contributed by atoms with E-state index in [2.05, 4.69) is 26.0 Å². The molecule has 1 fully saturated rings. The van der Waals surface area contributed by atoms with Crippen molar-refractivity contribution >= 4 is 26.0 Å². The molecule has 21 heavy (non-hydrogen) atoms. The molecule has 0 atom stereocenters. The van der Waals surface area contributed by atoms with Gasteiger partial charge in [-0.2, -0.15) is 0 Å². The molecule has 1 aliphatic carbocycles. The fraction of sp³-hybridized carbons (Fsp3) is 0.538. The monoisotopic (exact) mass is 380 g/mol. The average Bonchev–Trinajstić information content (AvgIpc) is 3.23. The number of methoxy groups -OCH3 is 1. The molecule has 8 heteroatoms. The first kappa shape index (κ1) is 16.8. The molecular weight excluding hydrogens is 363 g/mol. The van der Waals surface area contributed by atoms with E-state index in [1.165, 1.54) is 13.2 Å². The first-order chi connectivity index (χ1) is 9.94. The molecule has 0 saturated heterocycles. The van der Waals surface area contributed by atoms with Gasteiger partial charge in [0.2, 0.25) is 10.0 Å². The summed E-state index contributed by atoms with van der Waals surface area (Å²) in [7, 11) is -2.43. The van der Waals surface area contributed by atoms with E-state index in [9.17, 15) is 12.8 Å². The highest BCUT2D eigenvalue weighted by atomic mass is 79.9. The summed E-state index contributed by atoms with van der Waals surface area (Å²) < 4.78 is 46.3. The van der Waals surface area contributed by atoms with Crippen molar-refractivity contribution in [3.05, 3.63) is 28.0 Å². The highest BCUT2D eigenvalue weighted by Crippen LogP contribution is 2.25. The van der Waals surface area contributed by atoms with Crippen LogP contribution in [0.15, 0.2) is 21.5 Å². The molecular formula is C13H18BrFN2O3S. The van der Waals surface area contributed by atoms with Crippen LogP contribution in [0.5, 0.6) is 0 Å². The minimum Gasteiger partial charge on any atom is -0.383 e. The lowest BCUT2D eigenvalue weighted by molar-refractivity contribution is 0.204. The number of halogens is 2. The molecule has 0 radical (unpaired) electrons. The molecule has 1 aromatic rings. The van der Waals surface area contributed by atoms with E-state index in [0.29, 0.717) is 22.6 Å². The Kier molecular flexibility index (Phi) is 5.73. The molecule has 1 aromatic carbocycles. The molecule has 0 amide bonds. The second-order valence-corrected chi connectivity index (χ2v) is 7.57. The van der Waals surface area contributed by atoms with Crippen LogP contribution in [0.2, 0.25) is 0 Å². The molecule has 2 N–H and O–H groups in total. The molecule has 2 rings (SSSR count). The summed E-state index contributed by atoms with van der Waals surface area (Å²) in [6, 6.07) is 3.28. The maximum absolute atomic E-state index is 14.4. The standard InChI is InChI=1S/C13H18BrFN2O3S/c1-20-5-4-17-21(18,19)12-7-10(14)6-9(13(12)15)8-16-11-2-3-11/h6-7,11,16-17H,2-5,8H2,1H3. The maximum Gasteiger partial charge on any atom is 0.243 e. The van der Waals surface area contributed by atoms with Gasteiger partial charge in [-0.3, -0.25) is 0 Å². The van der Waals surface area contributed by atoms with Crippen LogP contribution < -0.4 is 10.0 Å². The van der Waals surface area contributed by atoms with Gasteiger partial charge in [0.1, 0.15) is 10.7 Å². The van der Waals surface area contributed by atoms with Gasteiger partial charge in [0.25, 0.3) is 0 Å². The van der Waals surface area contributed by atoms with E-state index in [0.717, 1.165) is 12.8 Å². The lowest BCUT2D eigenvalue weighted by Gasteiger charge is -2.12. The number of sulfonamides is 1. The minimum absolute atomic E-state index is 0.0977. The Bertz CT molecular complexity index is 606. The lowest BCUT2D eigenvalue weighted by Crippen LogP contribution is -2.28. The Morgan fingerprint density at radius 1 is 1.43 bits per heavy atom. The fourth-order valence-electron chi connectivity index (χ4n) is 1.84. The van der Waals surface area contributed by atoms with Crippen LogP contribution in [0.4, 0.5) is 4.39 Å². The van der Waals surface area contributed by atoms with Crippen LogP contribution in [0.25, 0.3) is 0 Å². The summed E-state index contributed by atoms with van der Waals surface area (Å²) >= 11 is 3.23. The van der Waals surface area contributed by atoms with Crippen molar-refractivity contribution in [1.82, 2.24) is 10.0 Å². The van der Waals surface area contributed by atoms with Gasteiger partial charge in [-0.05, 0) is 25.0 Å². The quantitative estimate of drug-likeness (QED) is 0.674. The summed E-state index contributed by atoms with van der Waals surface area (Å²) in [5.74, 6) is -0.712. The third kappa shape index (κ3) is 4.72. The molecule has 1 aliphatic rings. The SMILES string of the molecule is COCCNS(=O)(=O)c1cc(Br)cc(CNC2CC2)c1F. The summed E-state index contributed by atoms with van der Waals surface area (Å²) in [5.41, 5.74) is 0.336. The van der Waals surface area contributed by atoms with E-state index < -0.39 is 15.8 Å². The van der Waals surface area contributed by atoms with Gasteiger partial charge in [-0.15, -0.1) is 0 Å². The third-order valence-corrected chi connectivity index (χ3v) is 5.04. The van der Waals surface area contributed by atoms with Crippen molar-refractivity contribution in [1.29, 1.82) is 0 Å². The van der Waals surface area contributed by atoms with Crippen molar-refractivity contribution < 1.29 is 17.5 Å². The van der Waals surface area contributed by atoms with Gasteiger partial charge in [0.05, 0.1) is 6.61 Å². The molecule has 0 heterocycles. The number of benzene rings is 1. The van der Waals surface area contributed by atoms with Crippen LogP contribution in [0.3, 0.4) is 0 Å². The van der Waals surface area contributed by atoms with Gasteiger partial charge in [-0.1, -0.05) is 15.9 Å². The number of hydrogen-bond acceptors (Lipinski definition) is 4. The topological polar surface area (TPSA) is 67.4 Å². The van der Waals surface area contributed by atoms with E-state index in [-0.39, 0.29) is 18.0 Å². The minimum atomic E-state index is -3.89. The fourth-order valence-corrected chi connectivity index (χ4v) is 3.65. The summed E-state index contributed by atoms with van der Waals surface area (Å²) in [4.78, 5) is -0.347. The number of nitrogens with one attached hydrogen (secondary N) is 2. The Morgan fingerprint density at radius 2 is 2.14 bits per heavy atom. The Labute approximate surface area is 132 Å². The van der Waals surface area contributed by atoms with Gasteiger partial charge in [0.15, 0.2) is 0 Å². The zero-order valence-corrected chi connectivity index (χ0v) is 14.1. The summed E-state index contributed by atoms with van der Waals surface area (Å²) in [6.07, 6.45) is 2.17. The molecule has 0 bridgehead atoms. The van der Waals surface area contributed by atoms with Crippen molar-refractivity contribution in [3.63, 3.8) is 0 Å². The smallest absolute Gasteiger partial charge is 0.243 e. The van der Waals surface area contributed by atoms with Crippen LogP contribution >= 0.6 is 15.9 Å². The van der Waals surface area contributed by atoms with Gasteiger partial charge in [-0.25, -0.2) is 17.5 Å². The molecule has 118 valence electrons. The lowest BCUT2D eigenvalue weighted by atomic mass is 10.2. The van der Waals surface area contributed by atoms with E-state index in [4.69, 9.17) is 4.74 Å². The maximum atomic E-state index is 14.4. The van der Waals surface area contributed by atoms with Crippen molar-refractivity contribution in [2.75, 3.05) is 20.3 Å². The first-order valence-electron chi connectivity index (χ1n) is 6.64. The van der Waals surface area contributed by atoms with Crippen molar-refractivity contribution in [3.8, 4) is 0 Å². The summed E-state index contributed by atoms with van der Waals surface area (Å²) in [5, 5.41) is 3.18. The highest BCUT2D eigenvalue weighted by molar-refractivity contribution is 9.10. The van der Waals surface area contributed by atoms with Crippen LogP contribution in [0.1, 0.15) is 18.4 Å². The van der Waals surface area contributed by atoms with Crippen LogP contribution in [0, 0.1) is 5.82 Å². The van der Waals surface area contributed by atoms with Gasteiger partial charge in [0, 0.05) is 36.3 Å². The summed E-state index contributed by atoms with van der Waals surface area (Å²) in [6.45, 7) is 0.641. The van der Waals surface area contributed by atoms with E-state index in [1.807, 2.05) is 0 Å². The second kappa shape index (κ2) is 7.15. The Morgan fingerprint density at radius 3 is 2.76 bits per heavy atom. The zero-order chi connectivity index (χ0) is 15.5. The van der Waals surface area contributed by atoms with E-state index in [1.54, 1.807) is 6.07 Å². The third-order valence-electron chi connectivity index (χ3n) is 3.13. The predicted molar refractivity (Wildman–Crippen MR) is 81.0 cm³/mol. The first-order valence-corrected chi connectivity index (χ1v) is 8.91. The molecule has 0 aromatic heterocycles. The number of hydrogen-bond donors (Lipinski definition) is 2. The average molecular weight is 381 g/mol. The second-order valence-electron chi connectivity index (χ2n) is 4.92. The largest absolute Gasteiger partial charge is 0.383 e. The van der Waals surface area contributed by atoms with Gasteiger partial charge < -0.3 is 10.1 Å². The normalized spacial score (nSPS) is 15.4. The molecule has 5 nitrogen and oxygen atoms in total. The van der Waals surface area contributed by atoms with Crippen LogP contribution in [-0.2, 0) is 21.3 Å². The number of ether oxygens (including phenoxy) is 1. The van der Waals surface area contributed by atoms with Gasteiger partial charge >= 0.3 is 0 Å². The van der Waals surface area contributed by atoms with E-state index >= 15 is 0 Å². The molecule has 0 spiro atoms. The Balaban J connectivity index is 2.20. The zero-order valence-electron chi connectivity index (χ0n) is 11.7. The Hall–Kier alpha value is -0.540. The number of rotatable bonds is 8. The molecule has 0 aliphatic heterocycles. The predicted octanol–water partition coefficient (Wildman–Crippen LogP) is 1.76. The van der Waals surface area contributed by atoms with Crippen LogP contribution in [-0.4, -0.2) is 34.7 Å². The van der Waals surface area contributed by atoms with Crippen molar-refractivity contribution in [2.24, 2.45) is 0 Å². The van der Waals surface area contributed by atoms with Crippen molar-refractivity contribution in [2.45, 2.75) is 30.3 Å².